The minimum atomic E-state index is 1.00. The van der Waals surface area contributed by atoms with Crippen LogP contribution in [0.3, 0.4) is 0 Å². The van der Waals surface area contributed by atoms with Crippen LogP contribution in [0.25, 0.3) is 0 Å². The van der Waals surface area contributed by atoms with E-state index >= 15 is 0 Å². The van der Waals surface area contributed by atoms with Gasteiger partial charge in [-0.2, -0.15) is 9.13 Å². The Morgan fingerprint density at radius 3 is 1.61 bits per heavy atom. The van der Waals surface area contributed by atoms with Crippen LogP contribution in [-0.4, -0.2) is 0 Å². The van der Waals surface area contributed by atoms with Crippen molar-refractivity contribution in [1.82, 2.24) is 0 Å². The number of halogens is 1. The Labute approximate surface area is 146 Å². The second-order valence-corrected chi connectivity index (χ2v) is 6.60. The van der Waals surface area contributed by atoms with Crippen molar-refractivity contribution in [1.29, 1.82) is 0 Å². The van der Waals surface area contributed by atoms with Gasteiger partial charge in [-0.3, -0.25) is 0 Å². The van der Waals surface area contributed by atoms with Crippen LogP contribution < -0.4 is 9.13 Å². The molecule has 0 fully saturated rings. The molecule has 0 atom stereocenters. The number of rotatable bonds is 6. The summed E-state index contributed by atoms with van der Waals surface area (Å²) in [5.74, 6) is 0. The van der Waals surface area contributed by atoms with E-state index in [9.17, 15) is 0 Å². The molecular weight excluding hydrogens is 348 g/mol. The van der Waals surface area contributed by atoms with Crippen LogP contribution in [0.2, 0.25) is 0 Å². The van der Waals surface area contributed by atoms with Crippen LogP contribution in [0.5, 0.6) is 0 Å². The van der Waals surface area contributed by atoms with Gasteiger partial charge in [0.2, 0.25) is 24.8 Å². The van der Waals surface area contributed by atoms with Crippen molar-refractivity contribution in [3.8, 4) is 0 Å². The molecule has 3 aromatic rings. The molecule has 1 aromatic heterocycles. The van der Waals surface area contributed by atoms with Gasteiger partial charge in [-0.05, 0) is 23.3 Å². The maximum absolute atomic E-state index is 3.47. The molecule has 0 saturated carbocycles. The second-order valence-electron chi connectivity index (χ2n) is 5.68. The molecule has 0 aliphatic carbocycles. The lowest BCUT2D eigenvalue weighted by Crippen LogP contribution is -2.42. The lowest BCUT2D eigenvalue weighted by atomic mass is 10.1. The van der Waals surface area contributed by atoms with E-state index in [0.29, 0.717) is 0 Å². The molecule has 2 aromatic carbocycles. The van der Waals surface area contributed by atoms with Crippen LogP contribution in [-0.2, 0) is 25.9 Å². The molecule has 23 heavy (non-hydrogen) atoms. The summed E-state index contributed by atoms with van der Waals surface area (Å²) in [6, 6.07) is 19.2. The van der Waals surface area contributed by atoms with Crippen molar-refractivity contribution >= 4 is 15.9 Å². The molecule has 116 valence electrons. The number of hydrogen-bond acceptors (Lipinski definition) is 0. The maximum Gasteiger partial charge on any atom is 0.233 e. The summed E-state index contributed by atoms with van der Waals surface area (Å²) in [5.41, 5.74) is 2.74. The Hall–Kier alpha value is -2.00. The molecular formula is C20H21BrN2+2. The minimum absolute atomic E-state index is 1.00. The van der Waals surface area contributed by atoms with Gasteiger partial charge in [0, 0.05) is 17.3 Å². The summed E-state index contributed by atoms with van der Waals surface area (Å²) in [4.78, 5) is 0. The summed E-state index contributed by atoms with van der Waals surface area (Å²) in [7, 11) is 0. The van der Waals surface area contributed by atoms with Gasteiger partial charge in [-0.25, -0.2) is 0 Å². The summed E-state index contributed by atoms with van der Waals surface area (Å²) in [6.07, 6.45) is 10.7. The summed E-state index contributed by atoms with van der Waals surface area (Å²) < 4.78 is 5.61. The van der Waals surface area contributed by atoms with Gasteiger partial charge >= 0.3 is 0 Å². The molecule has 3 rings (SSSR count). The number of aromatic nitrogens is 2. The topological polar surface area (TPSA) is 7.76 Å². The van der Waals surface area contributed by atoms with Gasteiger partial charge in [-0.15, -0.1) is 0 Å². The number of aryl methyl sites for hydroxylation is 4. The van der Waals surface area contributed by atoms with E-state index in [1.807, 2.05) is 0 Å². The molecule has 0 saturated heterocycles. The molecule has 0 N–H and O–H groups in total. The van der Waals surface area contributed by atoms with E-state index in [-0.39, 0.29) is 0 Å². The maximum atomic E-state index is 3.47. The van der Waals surface area contributed by atoms with E-state index in [2.05, 4.69) is 104 Å². The van der Waals surface area contributed by atoms with E-state index in [0.717, 1.165) is 30.4 Å². The number of hydrogen-bond donors (Lipinski definition) is 0. The summed E-state index contributed by atoms with van der Waals surface area (Å²) in [5, 5.41) is 0. The van der Waals surface area contributed by atoms with Crippen LogP contribution in [0.15, 0.2) is 83.9 Å². The van der Waals surface area contributed by atoms with Crippen molar-refractivity contribution in [3.63, 3.8) is 0 Å². The predicted octanol–water partition coefficient (Wildman–Crippen LogP) is 3.51. The van der Waals surface area contributed by atoms with Crippen molar-refractivity contribution < 1.29 is 9.13 Å². The largest absolute Gasteiger partial charge is 0.233 e. The first-order valence-electron chi connectivity index (χ1n) is 7.96. The molecule has 0 aliphatic heterocycles. The third-order valence-corrected chi connectivity index (χ3v) is 4.50. The number of benzene rings is 2. The van der Waals surface area contributed by atoms with Gasteiger partial charge in [-0.1, -0.05) is 58.4 Å². The van der Waals surface area contributed by atoms with E-state index in [4.69, 9.17) is 0 Å². The summed E-state index contributed by atoms with van der Waals surface area (Å²) >= 11 is 3.47. The third kappa shape index (κ3) is 5.00. The lowest BCUT2D eigenvalue weighted by molar-refractivity contribution is -0.750. The first-order valence-corrected chi connectivity index (χ1v) is 8.75. The molecule has 0 amide bonds. The SMILES string of the molecule is Brc1ccc(CC[n+]2cc[n+](CCc3ccccc3)cc2)cc1. The smallest absolute Gasteiger partial charge is 0.194 e. The molecule has 2 nitrogen and oxygen atoms in total. The van der Waals surface area contributed by atoms with E-state index < -0.39 is 0 Å². The van der Waals surface area contributed by atoms with Gasteiger partial charge in [0.15, 0.2) is 13.1 Å². The van der Waals surface area contributed by atoms with Crippen LogP contribution in [0.1, 0.15) is 11.1 Å². The van der Waals surface area contributed by atoms with Gasteiger partial charge in [0.05, 0.1) is 0 Å². The van der Waals surface area contributed by atoms with Crippen molar-refractivity contribution in [2.24, 2.45) is 0 Å². The molecule has 0 bridgehead atoms. The highest BCUT2D eigenvalue weighted by Crippen LogP contribution is 2.10. The highest BCUT2D eigenvalue weighted by molar-refractivity contribution is 9.10. The molecule has 0 unspecified atom stereocenters. The molecule has 0 radical (unpaired) electrons. The minimum Gasteiger partial charge on any atom is -0.194 e. The van der Waals surface area contributed by atoms with Crippen LogP contribution in [0.4, 0.5) is 0 Å². The first-order chi connectivity index (χ1) is 11.3. The third-order valence-electron chi connectivity index (χ3n) is 3.97. The van der Waals surface area contributed by atoms with Crippen LogP contribution in [0, 0.1) is 0 Å². The average Bonchev–Trinajstić information content (AvgIpc) is 2.61. The molecule has 1 heterocycles. The standard InChI is InChI=1S/C20H21BrN2/c21-20-8-6-19(7-9-20)11-13-23-16-14-22(15-17-23)12-10-18-4-2-1-3-5-18/h1-9,14-17H,10-13H2/q+2. The van der Waals surface area contributed by atoms with Crippen molar-refractivity contribution in [2.45, 2.75) is 25.9 Å². The van der Waals surface area contributed by atoms with Gasteiger partial charge in [0.25, 0.3) is 0 Å². The zero-order chi connectivity index (χ0) is 15.9. The monoisotopic (exact) mass is 368 g/mol. The fraction of sp³-hybridized carbons (Fsp3) is 0.200. The second kappa shape index (κ2) is 8.02. The van der Waals surface area contributed by atoms with Gasteiger partial charge < -0.3 is 0 Å². The molecule has 3 heteroatoms. The zero-order valence-electron chi connectivity index (χ0n) is 13.1. The van der Waals surface area contributed by atoms with Gasteiger partial charge in [0.1, 0.15) is 0 Å². The fourth-order valence-corrected chi connectivity index (χ4v) is 2.82. The van der Waals surface area contributed by atoms with E-state index in [1.165, 1.54) is 11.1 Å². The molecule has 0 aliphatic rings. The average molecular weight is 369 g/mol. The quantitative estimate of drug-likeness (QED) is 0.588. The molecule has 0 spiro atoms. The Morgan fingerprint density at radius 1 is 0.609 bits per heavy atom. The highest BCUT2D eigenvalue weighted by atomic mass is 79.9. The Balaban J connectivity index is 1.51. The predicted molar refractivity (Wildman–Crippen MR) is 94.8 cm³/mol. The van der Waals surface area contributed by atoms with E-state index in [1.54, 1.807) is 0 Å². The van der Waals surface area contributed by atoms with Crippen LogP contribution >= 0.6 is 15.9 Å². The summed E-state index contributed by atoms with van der Waals surface area (Å²) in [6.45, 7) is 2.01. The van der Waals surface area contributed by atoms with Crippen molar-refractivity contribution in [3.05, 3.63) is 95.0 Å². The Bertz CT molecular complexity index is 722. The van der Waals surface area contributed by atoms with Crippen molar-refractivity contribution in [2.75, 3.05) is 0 Å². The first kappa shape index (κ1) is 15.9. The number of nitrogens with zero attached hydrogens (tertiary/aromatic N) is 2. The Kier molecular flexibility index (Phi) is 5.54. The Morgan fingerprint density at radius 2 is 1.09 bits per heavy atom. The zero-order valence-corrected chi connectivity index (χ0v) is 14.7. The highest BCUT2D eigenvalue weighted by Gasteiger charge is 2.07. The fourth-order valence-electron chi connectivity index (χ4n) is 2.55. The normalized spacial score (nSPS) is 10.7. The lowest BCUT2D eigenvalue weighted by Gasteiger charge is -2.00.